The molecule has 2 rings (SSSR count). The van der Waals surface area contributed by atoms with E-state index in [4.69, 9.17) is 16.3 Å². The van der Waals surface area contributed by atoms with Crippen molar-refractivity contribution in [2.75, 3.05) is 7.11 Å². The number of aromatic nitrogens is 2. The molecule has 2 aromatic heterocycles. The summed E-state index contributed by atoms with van der Waals surface area (Å²) in [5.74, 6) is 0.587. The van der Waals surface area contributed by atoms with Crippen molar-refractivity contribution in [1.82, 2.24) is 9.78 Å². The highest BCUT2D eigenvalue weighted by Gasteiger charge is 2.22. The Labute approximate surface area is 108 Å². The normalized spacial score (nSPS) is 12.7. The van der Waals surface area contributed by atoms with E-state index in [9.17, 15) is 5.11 Å². The minimum Gasteiger partial charge on any atom is -0.493 e. The Morgan fingerprint density at radius 2 is 2.35 bits per heavy atom. The Balaban J connectivity index is 2.41. The first-order valence-corrected chi connectivity index (χ1v) is 6.39. The molecule has 0 radical (unpaired) electrons. The van der Waals surface area contributed by atoms with Crippen LogP contribution >= 0.6 is 22.9 Å². The van der Waals surface area contributed by atoms with Gasteiger partial charge in [-0.2, -0.15) is 5.10 Å². The minimum absolute atomic E-state index is 0.587. The number of hydrogen-bond acceptors (Lipinski definition) is 4. The summed E-state index contributed by atoms with van der Waals surface area (Å²) >= 11 is 7.22. The summed E-state index contributed by atoms with van der Waals surface area (Å²) in [5, 5.41) is 14.5. The second kappa shape index (κ2) is 5.08. The van der Waals surface area contributed by atoms with E-state index in [0.717, 1.165) is 4.88 Å². The molecule has 1 unspecified atom stereocenters. The van der Waals surface area contributed by atoms with Crippen LogP contribution in [-0.4, -0.2) is 22.0 Å². The maximum absolute atomic E-state index is 10.3. The van der Waals surface area contributed by atoms with E-state index in [1.54, 1.807) is 24.1 Å². The third-order valence-electron chi connectivity index (χ3n) is 2.49. The molecule has 17 heavy (non-hydrogen) atoms. The smallest absolute Gasteiger partial charge is 0.163 e. The third kappa shape index (κ3) is 2.31. The molecule has 0 aliphatic heterocycles. The fourth-order valence-corrected chi connectivity index (χ4v) is 2.72. The van der Waals surface area contributed by atoms with E-state index in [1.165, 1.54) is 11.3 Å². The standard InChI is InChI=1S/C11H13ClN2O2S/c1-3-14-10(7(16-2)6-13-14)11(15)8-4-5-9(12)17-8/h4-6,11,15H,3H2,1-2H3. The zero-order chi connectivity index (χ0) is 12.4. The highest BCUT2D eigenvalue weighted by atomic mass is 35.5. The molecular weight excluding hydrogens is 260 g/mol. The molecule has 2 heterocycles. The van der Waals surface area contributed by atoms with Crippen molar-refractivity contribution in [3.63, 3.8) is 0 Å². The topological polar surface area (TPSA) is 47.3 Å². The lowest BCUT2D eigenvalue weighted by Crippen LogP contribution is -2.09. The van der Waals surface area contributed by atoms with Crippen molar-refractivity contribution in [2.24, 2.45) is 0 Å². The predicted molar refractivity (Wildman–Crippen MR) is 67.8 cm³/mol. The van der Waals surface area contributed by atoms with Crippen molar-refractivity contribution in [1.29, 1.82) is 0 Å². The van der Waals surface area contributed by atoms with Gasteiger partial charge in [-0.15, -0.1) is 11.3 Å². The number of ether oxygens (including phenoxy) is 1. The molecule has 2 aromatic rings. The van der Waals surface area contributed by atoms with Gasteiger partial charge in [0.05, 0.1) is 17.6 Å². The molecule has 0 saturated carbocycles. The van der Waals surface area contributed by atoms with Crippen LogP contribution in [0.25, 0.3) is 0 Å². The van der Waals surface area contributed by atoms with Crippen LogP contribution in [-0.2, 0) is 6.54 Å². The van der Waals surface area contributed by atoms with Crippen LogP contribution in [0.3, 0.4) is 0 Å². The number of aliphatic hydroxyl groups excluding tert-OH is 1. The summed E-state index contributed by atoms with van der Waals surface area (Å²) in [6, 6.07) is 3.58. The van der Waals surface area contributed by atoms with E-state index in [1.807, 2.05) is 13.0 Å². The first-order valence-electron chi connectivity index (χ1n) is 5.20. The van der Waals surface area contributed by atoms with E-state index in [-0.39, 0.29) is 0 Å². The van der Waals surface area contributed by atoms with Gasteiger partial charge in [-0.1, -0.05) is 11.6 Å². The zero-order valence-corrected chi connectivity index (χ0v) is 11.1. The first-order chi connectivity index (χ1) is 8.17. The molecule has 4 nitrogen and oxygen atoms in total. The number of nitrogens with zero attached hydrogens (tertiary/aromatic N) is 2. The van der Waals surface area contributed by atoms with Crippen molar-refractivity contribution in [3.8, 4) is 5.75 Å². The lowest BCUT2D eigenvalue weighted by atomic mass is 10.2. The number of methoxy groups -OCH3 is 1. The van der Waals surface area contributed by atoms with Crippen LogP contribution < -0.4 is 4.74 Å². The quantitative estimate of drug-likeness (QED) is 0.931. The SMILES string of the molecule is CCn1ncc(OC)c1C(O)c1ccc(Cl)s1. The monoisotopic (exact) mass is 272 g/mol. The highest BCUT2D eigenvalue weighted by Crippen LogP contribution is 2.34. The lowest BCUT2D eigenvalue weighted by molar-refractivity contribution is 0.206. The third-order valence-corrected chi connectivity index (χ3v) is 3.77. The van der Waals surface area contributed by atoms with E-state index in [0.29, 0.717) is 22.3 Å². The van der Waals surface area contributed by atoms with Gasteiger partial charge in [0.2, 0.25) is 0 Å². The number of aliphatic hydroxyl groups is 1. The number of aryl methyl sites for hydroxylation is 1. The van der Waals surface area contributed by atoms with Gasteiger partial charge in [0.1, 0.15) is 11.8 Å². The van der Waals surface area contributed by atoms with Crippen molar-refractivity contribution in [2.45, 2.75) is 19.6 Å². The maximum Gasteiger partial charge on any atom is 0.163 e. The van der Waals surface area contributed by atoms with Crippen LogP contribution in [0.15, 0.2) is 18.3 Å². The van der Waals surface area contributed by atoms with Crippen LogP contribution in [0, 0.1) is 0 Å². The van der Waals surface area contributed by atoms with Gasteiger partial charge in [-0.25, -0.2) is 0 Å². The Morgan fingerprint density at radius 1 is 1.59 bits per heavy atom. The van der Waals surface area contributed by atoms with Crippen molar-refractivity contribution in [3.05, 3.63) is 33.2 Å². The van der Waals surface area contributed by atoms with E-state index in [2.05, 4.69) is 5.10 Å². The molecule has 0 amide bonds. The second-order valence-electron chi connectivity index (χ2n) is 3.46. The molecule has 0 fully saturated rings. The van der Waals surface area contributed by atoms with Gasteiger partial charge in [-0.3, -0.25) is 4.68 Å². The average molecular weight is 273 g/mol. The summed E-state index contributed by atoms with van der Waals surface area (Å²) in [5.41, 5.74) is 0.661. The van der Waals surface area contributed by atoms with Gasteiger partial charge in [-0.05, 0) is 19.1 Å². The lowest BCUT2D eigenvalue weighted by Gasteiger charge is -2.12. The summed E-state index contributed by atoms with van der Waals surface area (Å²) in [6.45, 7) is 2.64. The summed E-state index contributed by atoms with van der Waals surface area (Å²) in [7, 11) is 1.56. The van der Waals surface area contributed by atoms with Gasteiger partial charge >= 0.3 is 0 Å². The molecule has 0 bridgehead atoms. The van der Waals surface area contributed by atoms with E-state index >= 15 is 0 Å². The van der Waals surface area contributed by atoms with Gasteiger partial charge < -0.3 is 9.84 Å². The molecule has 6 heteroatoms. The van der Waals surface area contributed by atoms with Crippen molar-refractivity contribution < 1.29 is 9.84 Å². The number of halogens is 1. The van der Waals surface area contributed by atoms with Crippen molar-refractivity contribution >= 4 is 22.9 Å². The largest absolute Gasteiger partial charge is 0.493 e. The molecule has 0 saturated heterocycles. The average Bonchev–Trinajstić information content (AvgIpc) is 2.93. The summed E-state index contributed by atoms with van der Waals surface area (Å²) in [6.07, 6.45) is 0.849. The van der Waals surface area contributed by atoms with Crippen LogP contribution in [0.2, 0.25) is 4.34 Å². The molecule has 1 atom stereocenters. The first kappa shape index (κ1) is 12.4. The molecule has 0 aromatic carbocycles. The fraction of sp³-hybridized carbons (Fsp3) is 0.364. The molecule has 0 aliphatic rings. The highest BCUT2D eigenvalue weighted by molar-refractivity contribution is 7.16. The molecule has 92 valence electrons. The number of thiophene rings is 1. The Hall–Kier alpha value is -1.04. The maximum atomic E-state index is 10.3. The number of hydrogen-bond donors (Lipinski definition) is 1. The van der Waals surface area contributed by atoms with Crippen LogP contribution in [0.4, 0.5) is 0 Å². The molecule has 0 spiro atoms. The van der Waals surface area contributed by atoms with Gasteiger partial charge in [0.25, 0.3) is 0 Å². The van der Waals surface area contributed by atoms with Crippen LogP contribution in [0.5, 0.6) is 5.75 Å². The van der Waals surface area contributed by atoms with Gasteiger partial charge in [0.15, 0.2) is 5.75 Å². The minimum atomic E-state index is -0.759. The molecular formula is C11H13ClN2O2S. The van der Waals surface area contributed by atoms with E-state index < -0.39 is 6.10 Å². The van der Waals surface area contributed by atoms with Gasteiger partial charge in [0, 0.05) is 11.4 Å². The fourth-order valence-electron chi connectivity index (χ4n) is 1.67. The second-order valence-corrected chi connectivity index (χ2v) is 5.21. The molecule has 1 N–H and O–H groups in total. The summed E-state index contributed by atoms with van der Waals surface area (Å²) in [4.78, 5) is 0.781. The predicted octanol–water partition coefficient (Wildman–Crippen LogP) is 2.71. The zero-order valence-electron chi connectivity index (χ0n) is 9.55. The Morgan fingerprint density at radius 3 is 2.88 bits per heavy atom. The molecule has 0 aliphatic carbocycles. The summed E-state index contributed by atoms with van der Waals surface area (Å²) < 4.78 is 7.58. The van der Waals surface area contributed by atoms with Crippen LogP contribution in [0.1, 0.15) is 23.6 Å². The number of rotatable bonds is 4. The Bertz CT molecular complexity index is 488. The Kier molecular flexibility index (Phi) is 3.71.